The van der Waals surface area contributed by atoms with Crippen LogP contribution in [0.1, 0.15) is 5.56 Å². The monoisotopic (exact) mass is 267 g/mol. The lowest BCUT2D eigenvalue weighted by Gasteiger charge is -2.09. The summed E-state index contributed by atoms with van der Waals surface area (Å²) >= 11 is 0. The second-order valence-corrected chi connectivity index (χ2v) is 3.93. The maximum Gasteiger partial charge on any atom is 0.332 e. The average Bonchev–Trinajstić information content (AvgIpc) is 2.45. The number of amides is 2. The quantitative estimate of drug-likeness (QED) is 0.504. The van der Waals surface area contributed by atoms with E-state index >= 15 is 0 Å². The molecule has 20 heavy (non-hydrogen) atoms. The van der Waals surface area contributed by atoms with Crippen molar-refractivity contribution in [1.29, 1.82) is 0 Å². The number of urea groups is 1. The molecule has 0 saturated carbocycles. The van der Waals surface area contributed by atoms with Gasteiger partial charge in [0.15, 0.2) is 0 Å². The zero-order valence-corrected chi connectivity index (χ0v) is 10.7. The van der Waals surface area contributed by atoms with Gasteiger partial charge in [-0.3, -0.25) is 0 Å². The smallest absolute Gasteiger partial charge is 0.332 e. The van der Waals surface area contributed by atoms with Crippen LogP contribution in [0.25, 0.3) is 10.8 Å². The van der Waals surface area contributed by atoms with E-state index in [2.05, 4.69) is 16.4 Å². The number of fused-ring (bicyclic) bond motifs is 1. The van der Waals surface area contributed by atoms with E-state index in [0.29, 0.717) is 5.75 Å². The number of carbonyl (C=O) groups is 1. The Morgan fingerprint density at radius 2 is 2.20 bits per heavy atom. The summed E-state index contributed by atoms with van der Waals surface area (Å²) in [6.45, 7) is 0.155. The molecule has 2 rings (SSSR count). The second-order valence-electron chi connectivity index (χ2n) is 3.93. The topological polar surface area (TPSA) is 76.7 Å². The number of nitrogens with zero attached hydrogens (tertiary/aromatic N) is 1. The predicted octanol–water partition coefficient (Wildman–Crippen LogP) is 1.85. The van der Waals surface area contributed by atoms with E-state index in [1.165, 1.54) is 6.21 Å². The van der Waals surface area contributed by atoms with Crippen molar-refractivity contribution in [3.8, 4) is 18.1 Å². The Morgan fingerprint density at radius 1 is 1.40 bits per heavy atom. The third kappa shape index (κ3) is 3.06. The van der Waals surface area contributed by atoms with Crippen molar-refractivity contribution in [2.75, 3.05) is 6.61 Å². The average molecular weight is 267 g/mol. The summed E-state index contributed by atoms with van der Waals surface area (Å²) in [6.07, 6.45) is 6.68. The normalized spacial score (nSPS) is 10.3. The Hall–Kier alpha value is -3.00. The van der Waals surface area contributed by atoms with Crippen molar-refractivity contribution in [2.24, 2.45) is 10.8 Å². The van der Waals surface area contributed by atoms with Gasteiger partial charge in [-0.2, -0.15) is 5.10 Å². The molecule has 2 aromatic rings. The standard InChI is InChI=1S/C15H13N3O2/c1-2-9-20-14-8-7-11-5-3-4-6-12(11)13(14)10-17-18-15(16)19/h1,3-8,10H,9H2,(H3,16,18,19)/b17-10+. The van der Waals surface area contributed by atoms with Crippen LogP contribution in [0.4, 0.5) is 4.79 Å². The van der Waals surface area contributed by atoms with Gasteiger partial charge in [0.05, 0.1) is 6.21 Å². The summed E-state index contributed by atoms with van der Waals surface area (Å²) in [7, 11) is 0. The van der Waals surface area contributed by atoms with E-state index in [4.69, 9.17) is 16.9 Å². The zero-order chi connectivity index (χ0) is 14.4. The molecule has 5 heteroatoms. The van der Waals surface area contributed by atoms with Gasteiger partial charge in [-0.1, -0.05) is 36.3 Å². The number of terminal acetylenes is 1. The molecule has 0 fully saturated rings. The van der Waals surface area contributed by atoms with Gasteiger partial charge in [0.1, 0.15) is 12.4 Å². The van der Waals surface area contributed by atoms with E-state index in [1.807, 2.05) is 36.4 Å². The highest BCUT2D eigenvalue weighted by atomic mass is 16.5. The first-order valence-electron chi connectivity index (χ1n) is 5.89. The van der Waals surface area contributed by atoms with Crippen LogP contribution in [-0.4, -0.2) is 18.9 Å². The molecule has 0 unspecified atom stereocenters. The first-order valence-corrected chi connectivity index (χ1v) is 5.89. The second kappa shape index (κ2) is 6.25. The minimum absolute atomic E-state index is 0.155. The number of rotatable bonds is 4. The molecular formula is C15H13N3O2. The Balaban J connectivity index is 2.47. The molecule has 0 radical (unpaired) electrons. The van der Waals surface area contributed by atoms with E-state index in [-0.39, 0.29) is 6.61 Å². The fraction of sp³-hybridized carbons (Fsp3) is 0.0667. The number of hydrogen-bond acceptors (Lipinski definition) is 3. The summed E-state index contributed by atoms with van der Waals surface area (Å²) in [4.78, 5) is 10.6. The van der Waals surface area contributed by atoms with Gasteiger partial charge in [-0.15, -0.1) is 6.42 Å². The molecule has 0 aliphatic rings. The number of ether oxygens (including phenoxy) is 1. The van der Waals surface area contributed by atoms with Gasteiger partial charge in [0, 0.05) is 5.56 Å². The molecule has 0 aromatic heterocycles. The van der Waals surface area contributed by atoms with Gasteiger partial charge in [-0.25, -0.2) is 10.2 Å². The lowest BCUT2D eigenvalue weighted by molar-refractivity contribution is 0.249. The van der Waals surface area contributed by atoms with Crippen LogP contribution in [-0.2, 0) is 0 Å². The molecule has 0 spiro atoms. The number of nitrogens with one attached hydrogen (secondary N) is 1. The van der Waals surface area contributed by atoms with Gasteiger partial charge in [-0.05, 0) is 16.8 Å². The van der Waals surface area contributed by atoms with Gasteiger partial charge in [0.2, 0.25) is 0 Å². The molecule has 3 N–H and O–H groups in total. The number of nitrogens with two attached hydrogens (primary N) is 1. The predicted molar refractivity (Wildman–Crippen MR) is 78.6 cm³/mol. The summed E-state index contributed by atoms with van der Waals surface area (Å²) in [5.74, 6) is 3.00. The van der Waals surface area contributed by atoms with Gasteiger partial charge >= 0.3 is 6.03 Å². The molecule has 5 nitrogen and oxygen atoms in total. The molecule has 100 valence electrons. The molecule has 0 aliphatic heterocycles. The largest absolute Gasteiger partial charge is 0.480 e. The Morgan fingerprint density at radius 3 is 2.95 bits per heavy atom. The number of benzene rings is 2. The highest BCUT2D eigenvalue weighted by Gasteiger charge is 2.06. The number of primary amides is 1. The van der Waals surface area contributed by atoms with Crippen LogP contribution in [0.3, 0.4) is 0 Å². The molecule has 0 saturated heterocycles. The van der Waals surface area contributed by atoms with Gasteiger partial charge in [0.25, 0.3) is 0 Å². The highest BCUT2D eigenvalue weighted by molar-refractivity contribution is 6.02. The molecule has 2 aromatic carbocycles. The summed E-state index contributed by atoms with van der Waals surface area (Å²) in [6, 6.07) is 10.8. The lowest BCUT2D eigenvalue weighted by atomic mass is 10.0. The van der Waals surface area contributed by atoms with Crippen LogP contribution in [0.15, 0.2) is 41.5 Å². The molecule has 2 amide bonds. The van der Waals surface area contributed by atoms with Crippen LogP contribution in [0.2, 0.25) is 0 Å². The molecule has 0 bridgehead atoms. The van der Waals surface area contributed by atoms with Crippen molar-refractivity contribution in [3.63, 3.8) is 0 Å². The van der Waals surface area contributed by atoms with Crippen molar-refractivity contribution in [3.05, 3.63) is 42.0 Å². The van der Waals surface area contributed by atoms with E-state index < -0.39 is 6.03 Å². The Kier molecular flexibility index (Phi) is 4.20. The summed E-state index contributed by atoms with van der Waals surface area (Å²) < 4.78 is 5.48. The van der Waals surface area contributed by atoms with Crippen LogP contribution in [0.5, 0.6) is 5.75 Å². The molecule has 0 atom stereocenters. The third-order valence-corrected chi connectivity index (χ3v) is 2.61. The number of carbonyl (C=O) groups excluding carboxylic acids is 1. The number of hydrogen-bond donors (Lipinski definition) is 2. The molecular weight excluding hydrogens is 254 g/mol. The fourth-order valence-corrected chi connectivity index (χ4v) is 1.81. The Labute approximate surface area is 116 Å². The van der Waals surface area contributed by atoms with E-state index in [0.717, 1.165) is 16.3 Å². The third-order valence-electron chi connectivity index (χ3n) is 2.61. The first kappa shape index (κ1) is 13.4. The summed E-state index contributed by atoms with van der Waals surface area (Å²) in [5, 5.41) is 5.75. The van der Waals surface area contributed by atoms with Crippen LogP contribution in [0, 0.1) is 12.3 Å². The van der Waals surface area contributed by atoms with Crippen LogP contribution >= 0.6 is 0 Å². The van der Waals surface area contributed by atoms with Crippen molar-refractivity contribution in [2.45, 2.75) is 0 Å². The Bertz CT molecular complexity index is 702. The van der Waals surface area contributed by atoms with Crippen molar-refractivity contribution >= 4 is 23.0 Å². The zero-order valence-electron chi connectivity index (χ0n) is 10.7. The summed E-state index contributed by atoms with van der Waals surface area (Å²) in [5.41, 5.74) is 7.85. The lowest BCUT2D eigenvalue weighted by Crippen LogP contribution is -2.24. The van der Waals surface area contributed by atoms with E-state index in [1.54, 1.807) is 0 Å². The van der Waals surface area contributed by atoms with Crippen molar-refractivity contribution < 1.29 is 9.53 Å². The SMILES string of the molecule is C#CCOc1ccc2ccccc2c1/C=N/NC(N)=O. The van der Waals surface area contributed by atoms with Gasteiger partial charge < -0.3 is 10.5 Å². The molecule has 0 aliphatic carbocycles. The van der Waals surface area contributed by atoms with Crippen molar-refractivity contribution in [1.82, 2.24) is 5.43 Å². The highest BCUT2D eigenvalue weighted by Crippen LogP contribution is 2.26. The molecule has 0 heterocycles. The van der Waals surface area contributed by atoms with E-state index in [9.17, 15) is 4.79 Å². The first-order chi connectivity index (χ1) is 9.72. The minimum Gasteiger partial charge on any atom is -0.480 e. The van der Waals surface area contributed by atoms with Crippen LogP contribution < -0.4 is 15.9 Å². The maximum atomic E-state index is 10.6. The fourth-order valence-electron chi connectivity index (χ4n) is 1.81. The number of hydrazone groups is 1. The maximum absolute atomic E-state index is 10.6. The minimum atomic E-state index is -0.729.